The van der Waals surface area contributed by atoms with Crippen LogP contribution in [0.2, 0.25) is 0 Å². The van der Waals surface area contributed by atoms with Crippen molar-refractivity contribution in [2.75, 3.05) is 0 Å². The first-order valence-corrected chi connectivity index (χ1v) is 16.6. The molecule has 9 aromatic carbocycles. The summed E-state index contributed by atoms with van der Waals surface area (Å²) in [6.07, 6.45) is 0. The van der Waals surface area contributed by atoms with Gasteiger partial charge in [0.2, 0.25) is 0 Å². The fourth-order valence-corrected chi connectivity index (χ4v) is 8.34. The van der Waals surface area contributed by atoms with E-state index in [9.17, 15) is 0 Å². The van der Waals surface area contributed by atoms with Crippen LogP contribution in [0.4, 0.5) is 0 Å². The van der Waals surface area contributed by atoms with Crippen LogP contribution in [0, 0.1) is 0 Å². The van der Waals surface area contributed by atoms with Gasteiger partial charge >= 0.3 is 0 Å². The van der Waals surface area contributed by atoms with Crippen LogP contribution >= 0.6 is 0 Å². The predicted octanol–water partition coefficient (Wildman–Crippen LogP) is 12.5. The summed E-state index contributed by atoms with van der Waals surface area (Å²) in [5.74, 6) is 0. The molecule has 48 heavy (non-hydrogen) atoms. The molecule has 0 unspecified atom stereocenters. The van der Waals surface area contributed by atoms with Crippen molar-refractivity contribution < 1.29 is 0 Å². The van der Waals surface area contributed by atoms with Crippen LogP contribution in [0.3, 0.4) is 0 Å². The second kappa shape index (κ2) is 9.57. The van der Waals surface area contributed by atoms with Gasteiger partial charge in [-0.25, -0.2) is 0 Å². The maximum atomic E-state index is 2.46. The summed E-state index contributed by atoms with van der Waals surface area (Å²) in [7, 11) is 0. The summed E-state index contributed by atoms with van der Waals surface area (Å²) in [5.41, 5.74) is 7.22. The van der Waals surface area contributed by atoms with Crippen LogP contribution < -0.4 is 0 Å². The van der Waals surface area contributed by atoms with Gasteiger partial charge in [-0.2, -0.15) is 0 Å². The Hall–Kier alpha value is -6.38. The molecule has 0 aliphatic heterocycles. The van der Waals surface area contributed by atoms with Crippen LogP contribution in [-0.4, -0.2) is 9.13 Å². The van der Waals surface area contributed by atoms with Gasteiger partial charge in [-0.3, -0.25) is 0 Å². The molecule has 0 aliphatic carbocycles. The molecule has 0 fully saturated rings. The Morgan fingerprint density at radius 1 is 0.250 bits per heavy atom. The van der Waals surface area contributed by atoms with Crippen molar-refractivity contribution in [3.05, 3.63) is 170 Å². The third kappa shape index (κ3) is 3.46. The highest BCUT2D eigenvalue weighted by molar-refractivity contribution is 6.29. The minimum atomic E-state index is 1.17. The van der Waals surface area contributed by atoms with E-state index < -0.39 is 0 Å². The highest BCUT2D eigenvalue weighted by atomic mass is 15.0. The van der Waals surface area contributed by atoms with Gasteiger partial charge < -0.3 is 9.13 Å². The zero-order chi connectivity index (χ0) is 31.3. The molecule has 2 nitrogen and oxygen atoms in total. The van der Waals surface area contributed by atoms with Crippen LogP contribution in [0.5, 0.6) is 0 Å². The van der Waals surface area contributed by atoms with E-state index in [1.165, 1.54) is 98.1 Å². The summed E-state index contributed by atoms with van der Waals surface area (Å²) >= 11 is 0. The third-order valence-corrected chi connectivity index (χ3v) is 10.4. The highest BCUT2D eigenvalue weighted by Gasteiger charge is 2.20. The van der Waals surface area contributed by atoms with Crippen LogP contribution in [-0.2, 0) is 0 Å². The molecule has 0 saturated heterocycles. The number of benzene rings is 9. The minimum absolute atomic E-state index is 1.17. The first-order chi connectivity index (χ1) is 23.8. The second-order valence-corrected chi connectivity index (χ2v) is 12.9. The zero-order valence-electron chi connectivity index (χ0n) is 26.1. The molecule has 11 aromatic rings. The number of nitrogens with zero attached hydrogens (tertiary/aromatic N) is 2. The summed E-state index contributed by atoms with van der Waals surface area (Å²) in [4.78, 5) is 0. The molecular formula is C46H28N2. The van der Waals surface area contributed by atoms with Crippen molar-refractivity contribution in [3.8, 4) is 11.4 Å². The van der Waals surface area contributed by atoms with Gasteiger partial charge in [-0.15, -0.1) is 0 Å². The Morgan fingerprint density at radius 2 is 0.708 bits per heavy atom. The van der Waals surface area contributed by atoms with Gasteiger partial charge in [-0.1, -0.05) is 121 Å². The number of hydrogen-bond acceptors (Lipinski definition) is 0. The first kappa shape index (κ1) is 25.8. The zero-order valence-corrected chi connectivity index (χ0v) is 26.1. The number of fused-ring (bicyclic) bond motifs is 13. The van der Waals surface area contributed by atoms with E-state index >= 15 is 0 Å². The van der Waals surface area contributed by atoms with Crippen molar-refractivity contribution in [1.82, 2.24) is 9.13 Å². The van der Waals surface area contributed by atoms with Crippen molar-refractivity contribution >= 4 is 86.7 Å². The summed E-state index contributed by atoms with van der Waals surface area (Å²) in [5, 5.41) is 15.3. The lowest BCUT2D eigenvalue weighted by atomic mass is 9.97. The van der Waals surface area contributed by atoms with Gasteiger partial charge in [0, 0.05) is 32.9 Å². The van der Waals surface area contributed by atoms with Crippen molar-refractivity contribution in [1.29, 1.82) is 0 Å². The van der Waals surface area contributed by atoms with Crippen LogP contribution in [0.15, 0.2) is 170 Å². The van der Waals surface area contributed by atoms with E-state index in [1.807, 2.05) is 0 Å². The molecular weight excluding hydrogens is 581 g/mol. The average molecular weight is 609 g/mol. The molecule has 0 aliphatic rings. The third-order valence-electron chi connectivity index (χ3n) is 10.4. The maximum Gasteiger partial charge on any atom is 0.0548 e. The first-order valence-electron chi connectivity index (χ1n) is 16.6. The lowest BCUT2D eigenvalue weighted by Crippen LogP contribution is -1.95. The Kier molecular flexibility index (Phi) is 5.14. The van der Waals surface area contributed by atoms with E-state index in [0.29, 0.717) is 0 Å². The van der Waals surface area contributed by atoms with E-state index in [1.54, 1.807) is 0 Å². The van der Waals surface area contributed by atoms with Crippen molar-refractivity contribution in [2.24, 2.45) is 0 Å². The van der Waals surface area contributed by atoms with E-state index in [2.05, 4.69) is 179 Å². The Morgan fingerprint density at radius 3 is 1.38 bits per heavy atom. The molecule has 0 spiro atoms. The molecule has 2 heterocycles. The van der Waals surface area contributed by atoms with Gasteiger partial charge in [0.05, 0.1) is 22.1 Å². The van der Waals surface area contributed by atoms with Crippen LogP contribution in [0.25, 0.3) is 98.1 Å². The average Bonchev–Trinajstić information content (AvgIpc) is 3.67. The molecule has 0 N–H and O–H groups in total. The fraction of sp³-hybridized carbons (Fsp3) is 0. The Bertz CT molecular complexity index is 3120. The highest BCUT2D eigenvalue weighted by Crippen LogP contribution is 2.43. The molecule has 222 valence electrons. The number of para-hydroxylation sites is 2. The van der Waals surface area contributed by atoms with Gasteiger partial charge in [-0.05, 0) is 91.6 Å². The summed E-state index contributed by atoms with van der Waals surface area (Å²) < 4.78 is 4.90. The van der Waals surface area contributed by atoms with Crippen molar-refractivity contribution in [2.45, 2.75) is 0 Å². The van der Waals surface area contributed by atoms with E-state index in [4.69, 9.17) is 0 Å². The predicted molar refractivity (Wildman–Crippen MR) is 205 cm³/mol. The SMILES string of the molecule is c1ccc2cc(-n3c4ccccc4c4c5c6ccccc6n(-c6ccc7ccc8c9ccccc9ccc8c7c6)c5ccc43)ccc2c1. The summed E-state index contributed by atoms with van der Waals surface area (Å²) in [6.45, 7) is 0. The lowest BCUT2D eigenvalue weighted by molar-refractivity contribution is 1.18. The molecule has 0 saturated carbocycles. The van der Waals surface area contributed by atoms with E-state index in [0.717, 1.165) is 0 Å². The molecule has 2 aromatic heterocycles. The topological polar surface area (TPSA) is 9.86 Å². The number of hydrogen-bond donors (Lipinski definition) is 0. The second-order valence-electron chi connectivity index (χ2n) is 12.9. The number of rotatable bonds is 2. The van der Waals surface area contributed by atoms with Gasteiger partial charge in [0.15, 0.2) is 0 Å². The largest absolute Gasteiger partial charge is 0.309 e. The normalized spacial score (nSPS) is 12.2. The molecule has 0 amide bonds. The minimum Gasteiger partial charge on any atom is -0.309 e. The molecule has 2 heteroatoms. The fourth-order valence-electron chi connectivity index (χ4n) is 8.34. The summed E-state index contributed by atoms with van der Waals surface area (Å²) in [6, 6.07) is 62.6. The maximum absolute atomic E-state index is 2.46. The Labute approximate surface area is 276 Å². The van der Waals surface area contributed by atoms with Crippen LogP contribution in [0.1, 0.15) is 0 Å². The van der Waals surface area contributed by atoms with Gasteiger partial charge in [0.25, 0.3) is 0 Å². The molecule has 0 bridgehead atoms. The molecule has 0 atom stereocenters. The van der Waals surface area contributed by atoms with Gasteiger partial charge in [0.1, 0.15) is 0 Å². The smallest absolute Gasteiger partial charge is 0.0548 e. The van der Waals surface area contributed by atoms with E-state index in [-0.39, 0.29) is 0 Å². The number of aromatic nitrogens is 2. The Balaban J connectivity index is 1.24. The quantitative estimate of drug-likeness (QED) is 0.173. The standard InChI is InChI=1S/C46H28N2/c1-2-11-32-27-33(21-17-29(32)9-1)47-41-15-7-5-13-38(41)45-43(47)25-26-44-46(45)39-14-6-8-16-42(39)48(44)34-22-18-31-20-23-36-35-12-4-3-10-30(35)19-24-37(36)40(31)28-34/h1-28H. The lowest BCUT2D eigenvalue weighted by Gasteiger charge is -2.12. The molecule has 11 rings (SSSR count). The molecule has 0 radical (unpaired) electrons. The monoisotopic (exact) mass is 608 g/mol. The van der Waals surface area contributed by atoms with Crippen molar-refractivity contribution in [3.63, 3.8) is 0 Å².